The number of aromatic nitrogens is 1. The molecule has 1 fully saturated rings. The zero-order chi connectivity index (χ0) is 20.6. The predicted octanol–water partition coefficient (Wildman–Crippen LogP) is 3.55. The maximum Gasteiger partial charge on any atom is 0.317 e. The van der Waals surface area contributed by atoms with Crippen molar-refractivity contribution in [1.29, 1.82) is 0 Å². The number of carbonyl (C=O) groups is 2. The molecule has 30 heavy (non-hydrogen) atoms. The van der Waals surface area contributed by atoms with Crippen LogP contribution in [0.2, 0.25) is 0 Å². The van der Waals surface area contributed by atoms with Gasteiger partial charge in [0.25, 0.3) is 0 Å². The third-order valence-electron chi connectivity index (χ3n) is 6.07. The van der Waals surface area contributed by atoms with Gasteiger partial charge in [-0.15, -0.1) is 0 Å². The molecule has 0 saturated carbocycles. The largest absolute Gasteiger partial charge is 0.334 e. The number of amides is 3. The van der Waals surface area contributed by atoms with Gasteiger partial charge in [-0.05, 0) is 40.8 Å². The molecule has 2 aromatic carbocycles. The van der Waals surface area contributed by atoms with Crippen molar-refractivity contribution < 1.29 is 9.59 Å². The van der Waals surface area contributed by atoms with E-state index in [1.807, 2.05) is 66.9 Å². The predicted molar refractivity (Wildman–Crippen MR) is 115 cm³/mol. The molecule has 1 saturated heterocycles. The Hall–Kier alpha value is -3.67. The van der Waals surface area contributed by atoms with Crippen molar-refractivity contribution in [2.75, 3.05) is 18.4 Å². The third-order valence-corrected chi connectivity index (χ3v) is 6.07. The lowest BCUT2D eigenvalue weighted by molar-refractivity contribution is -0.120. The molecular formula is C24H22N4O2. The minimum absolute atomic E-state index is 0.00927. The van der Waals surface area contributed by atoms with E-state index in [-0.39, 0.29) is 11.9 Å². The fourth-order valence-electron chi connectivity index (χ4n) is 4.40. The van der Waals surface area contributed by atoms with Crippen molar-refractivity contribution in [2.45, 2.75) is 18.4 Å². The van der Waals surface area contributed by atoms with Crippen LogP contribution in [0.25, 0.3) is 11.1 Å². The van der Waals surface area contributed by atoms with Crippen LogP contribution in [-0.2, 0) is 16.8 Å². The lowest BCUT2D eigenvalue weighted by Crippen LogP contribution is -2.42. The molecule has 3 amide bonds. The van der Waals surface area contributed by atoms with Gasteiger partial charge in [0.15, 0.2) is 0 Å². The molecule has 2 aliphatic heterocycles. The maximum absolute atomic E-state index is 12.7. The number of benzene rings is 2. The van der Waals surface area contributed by atoms with E-state index in [0.29, 0.717) is 26.1 Å². The Morgan fingerprint density at radius 2 is 1.90 bits per heavy atom. The molecule has 2 aliphatic rings. The van der Waals surface area contributed by atoms with Gasteiger partial charge in [-0.2, -0.15) is 0 Å². The lowest BCUT2D eigenvalue weighted by atomic mass is 9.81. The van der Waals surface area contributed by atoms with Gasteiger partial charge in [0.1, 0.15) is 0 Å². The summed E-state index contributed by atoms with van der Waals surface area (Å²) >= 11 is 0. The second-order valence-corrected chi connectivity index (χ2v) is 7.85. The number of urea groups is 1. The van der Waals surface area contributed by atoms with Gasteiger partial charge in [-0.3, -0.25) is 9.78 Å². The molecule has 1 atom stereocenters. The highest BCUT2D eigenvalue weighted by Crippen LogP contribution is 2.43. The number of hydrogen-bond acceptors (Lipinski definition) is 3. The molecule has 1 unspecified atom stereocenters. The van der Waals surface area contributed by atoms with Gasteiger partial charge >= 0.3 is 6.03 Å². The standard InChI is InChI=1S/C24H22N4O2/c29-22-24(20-5-1-2-6-21(20)27-22)11-13-28(16-24)23(30)26-14-17-7-9-18(10-8-17)19-4-3-12-25-15-19/h1-10,12,15H,11,13-14,16H2,(H,26,30)(H,27,29). The Morgan fingerprint density at radius 3 is 2.70 bits per heavy atom. The van der Waals surface area contributed by atoms with E-state index in [1.54, 1.807) is 11.1 Å². The molecule has 2 N–H and O–H groups in total. The van der Waals surface area contributed by atoms with Crippen molar-refractivity contribution in [3.8, 4) is 11.1 Å². The van der Waals surface area contributed by atoms with Crippen LogP contribution in [0.3, 0.4) is 0 Å². The number of para-hydroxylation sites is 1. The first kappa shape index (κ1) is 18.4. The first-order chi connectivity index (χ1) is 14.7. The van der Waals surface area contributed by atoms with Crippen molar-refractivity contribution in [3.63, 3.8) is 0 Å². The topological polar surface area (TPSA) is 74.3 Å². The molecule has 3 heterocycles. The molecule has 3 aromatic rings. The molecule has 0 bridgehead atoms. The Bertz CT molecular complexity index is 1100. The van der Waals surface area contributed by atoms with Crippen molar-refractivity contribution in [1.82, 2.24) is 15.2 Å². The highest BCUT2D eigenvalue weighted by atomic mass is 16.2. The zero-order valence-electron chi connectivity index (χ0n) is 16.5. The summed E-state index contributed by atoms with van der Waals surface area (Å²) in [6.07, 6.45) is 4.23. The van der Waals surface area contributed by atoms with E-state index in [2.05, 4.69) is 15.6 Å². The second-order valence-electron chi connectivity index (χ2n) is 7.85. The molecule has 0 aliphatic carbocycles. The van der Waals surface area contributed by atoms with Crippen LogP contribution in [0.5, 0.6) is 0 Å². The van der Waals surface area contributed by atoms with E-state index in [4.69, 9.17) is 0 Å². The molecule has 0 radical (unpaired) electrons. The molecular weight excluding hydrogens is 376 g/mol. The Kier molecular flexibility index (Phi) is 4.47. The van der Waals surface area contributed by atoms with Gasteiger partial charge in [-0.25, -0.2) is 4.79 Å². The zero-order valence-corrected chi connectivity index (χ0v) is 16.5. The summed E-state index contributed by atoms with van der Waals surface area (Å²) in [6.45, 7) is 1.41. The lowest BCUT2D eigenvalue weighted by Gasteiger charge is -2.22. The SMILES string of the molecule is O=C(NCc1ccc(-c2cccnc2)cc1)N1CCC2(C1)C(=O)Nc1ccccc12. The number of nitrogens with one attached hydrogen (secondary N) is 2. The molecule has 1 spiro atoms. The molecule has 5 rings (SSSR count). The average Bonchev–Trinajstić information content (AvgIpc) is 3.36. The van der Waals surface area contributed by atoms with Crippen LogP contribution in [0, 0.1) is 0 Å². The van der Waals surface area contributed by atoms with Gasteiger partial charge in [-0.1, -0.05) is 48.5 Å². The molecule has 6 nitrogen and oxygen atoms in total. The summed E-state index contributed by atoms with van der Waals surface area (Å²) in [5, 5.41) is 5.95. The number of hydrogen-bond donors (Lipinski definition) is 2. The van der Waals surface area contributed by atoms with Crippen LogP contribution in [0.4, 0.5) is 10.5 Å². The first-order valence-corrected chi connectivity index (χ1v) is 10.1. The van der Waals surface area contributed by atoms with Crippen LogP contribution in [0.15, 0.2) is 73.1 Å². The Labute approximate surface area is 174 Å². The number of fused-ring (bicyclic) bond motifs is 2. The average molecular weight is 398 g/mol. The molecule has 150 valence electrons. The van der Waals surface area contributed by atoms with Crippen LogP contribution >= 0.6 is 0 Å². The van der Waals surface area contributed by atoms with Crippen molar-refractivity contribution in [2.24, 2.45) is 0 Å². The number of anilines is 1. The van der Waals surface area contributed by atoms with E-state index in [1.165, 1.54) is 0 Å². The first-order valence-electron chi connectivity index (χ1n) is 10.1. The van der Waals surface area contributed by atoms with Crippen molar-refractivity contribution >= 4 is 17.6 Å². The van der Waals surface area contributed by atoms with Gasteiger partial charge in [0.2, 0.25) is 5.91 Å². The number of carbonyl (C=O) groups excluding carboxylic acids is 2. The summed E-state index contributed by atoms with van der Waals surface area (Å²) in [4.78, 5) is 31.3. The summed E-state index contributed by atoms with van der Waals surface area (Å²) < 4.78 is 0. The van der Waals surface area contributed by atoms with Gasteiger partial charge < -0.3 is 15.5 Å². The fraction of sp³-hybridized carbons (Fsp3) is 0.208. The highest BCUT2D eigenvalue weighted by molar-refractivity contribution is 6.07. The number of likely N-dealkylation sites (tertiary alicyclic amines) is 1. The van der Waals surface area contributed by atoms with Crippen LogP contribution in [0.1, 0.15) is 17.5 Å². The minimum atomic E-state index is -0.626. The van der Waals surface area contributed by atoms with E-state index in [0.717, 1.165) is 27.9 Å². The second kappa shape index (κ2) is 7.30. The summed E-state index contributed by atoms with van der Waals surface area (Å²) in [6, 6.07) is 19.6. The fourth-order valence-corrected chi connectivity index (χ4v) is 4.40. The third kappa shape index (κ3) is 3.10. The maximum atomic E-state index is 12.7. The summed E-state index contributed by atoms with van der Waals surface area (Å²) in [5.41, 5.74) is 4.40. The highest BCUT2D eigenvalue weighted by Gasteiger charge is 2.51. The van der Waals surface area contributed by atoms with Gasteiger partial charge in [0.05, 0.1) is 5.41 Å². The van der Waals surface area contributed by atoms with E-state index >= 15 is 0 Å². The summed E-state index contributed by atoms with van der Waals surface area (Å²) in [5.74, 6) is -0.00927. The summed E-state index contributed by atoms with van der Waals surface area (Å²) in [7, 11) is 0. The van der Waals surface area contributed by atoms with Crippen LogP contribution < -0.4 is 10.6 Å². The minimum Gasteiger partial charge on any atom is -0.334 e. The monoisotopic (exact) mass is 398 g/mol. The quantitative estimate of drug-likeness (QED) is 0.709. The number of pyridine rings is 1. The number of rotatable bonds is 3. The molecule has 6 heteroatoms. The van der Waals surface area contributed by atoms with E-state index < -0.39 is 5.41 Å². The van der Waals surface area contributed by atoms with E-state index in [9.17, 15) is 9.59 Å². The van der Waals surface area contributed by atoms with Crippen LogP contribution in [-0.4, -0.2) is 34.9 Å². The van der Waals surface area contributed by atoms with Crippen molar-refractivity contribution in [3.05, 3.63) is 84.2 Å². The Balaban J connectivity index is 1.23. The molecule has 1 aromatic heterocycles. The van der Waals surface area contributed by atoms with Gasteiger partial charge in [0, 0.05) is 37.7 Å². The number of nitrogens with zero attached hydrogens (tertiary/aromatic N) is 2. The Morgan fingerprint density at radius 1 is 1.07 bits per heavy atom. The normalized spacial score (nSPS) is 19.6. The smallest absolute Gasteiger partial charge is 0.317 e.